The second kappa shape index (κ2) is 17.6. The van der Waals surface area contributed by atoms with Gasteiger partial charge in [-0.3, -0.25) is 0 Å². The molecule has 0 fully saturated rings. The Morgan fingerprint density at radius 1 is 0.469 bits per heavy atom. The van der Waals surface area contributed by atoms with E-state index in [1.165, 1.54) is 103 Å². The molecule has 0 aromatic heterocycles. The normalized spacial score (nSPS) is 17.5. The third-order valence-corrected chi connectivity index (χ3v) is 37.9. The minimum atomic E-state index is -5.73. The first-order valence-corrected chi connectivity index (χ1v) is 36.2. The number of benzene rings is 6. The van der Waals surface area contributed by atoms with Gasteiger partial charge in [-0.05, 0) is 0 Å². The number of allylic oxidation sites excluding steroid dienone is 2. The zero-order chi connectivity index (χ0) is 45.3. The van der Waals surface area contributed by atoms with Crippen LogP contribution < -0.4 is 13.6 Å². The monoisotopic (exact) mass is 975 g/mol. The van der Waals surface area contributed by atoms with Crippen molar-refractivity contribution in [3.63, 3.8) is 0 Å². The summed E-state index contributed by atoms with van der Waals surface area (Å²) in [6.07, 6.45) is 9.18. The number of rotatable bonds is 13. The van der Waals surface area contributed by atoms with E-state index >= 15 is 0 Å². The second-order valence-electron chi connectivity index (χ2n) is 20.5. The molecular formula is C60H67Cl2SiZr. The van der Waals surface area contributed by atoms with Crippen molar-refractivity contribution in [2.75, 3.05) is 0 Å². The summed E-state index contributed by atoms with van der Waals surface area (Å²) in [6.45, 7) is 23.4. The molecule has 2 unspecified atom stereocenters. The molecular weight excluding hydrogens is 911 g/mol. The Hall–Kier alpha value is -3.52. The maximum absolute atomic E-state index is 9.56. The van der Waals surface area contributed by atoms with Gasteiger partial charge in [-0.2, -0.15) is 0 Å². The van der Waals surface area contributed by atoms with E-state index in [4.69, 9.17) is 0 Å². The Balaban J connectivity index is 1.42. The molecule has 6 aromatic rings. The number of fused-ring (bicyclic) bond motifs is 5. The summed E-state index contributed by atoms with van der Waals surface area (Å²) in [4.78, 5) is 0. The number of halogens is 2. The van der Waals surface area contributed by atoms with Crippen LogP contribution in [0.15, 0.2) is 126 Å². The fourth-order valence-electron chi connectivity index (χ4n) is 12.4. The van der Waals surface area contributed by atoms with E-state index in [0.717, 1.165) is 25.7 Å². The third kappa shape index (κ3) is 7.23. The van der Waals surface area contributed by atoms with Crippen molar-refractivity contribution in [1.82, 2.24) is 0 Å². The molecule has 0 amide bonds. The minimum absolute atomic E-state index is 0.0949. The van der Waals surface area contributed by atoms with E-state index in [1.54, 1.807) is 0 Å². The van der Waals surface area contributed by atoms with Gasteiger partial charge in [0.25, 0.3) is 0 Å². The molecule has 0 spiro atoms. The van der Waals surface area contributed by atoms with Gasteiger partial charge in [-0.25, -0.2) is 0 Å². The summed E-state index contributed by atoms with van der Waals surface area (Å²) >= 11 is -5.73. The van der Waals surface area contributed by atoms with Gasteiger partial charge in [-0.15, -0.1) is 0 Å². The first kappa shape index (κ1) is 45.6. The van der Waals surface area contributed by atoms with Crippen molar-refractivity contribution in [3.8, 4) is 33.4 Å². The van der Waals surface area contributed by atoms with Crippen LogP contribution in [0, 0.1) is 0 Å². The van der Waals surface area contributed by atoms with Gasteiger partial charge in [0, 0.05) is 0 Å². The molecule has 0 bridgehead atoms. The molecule has 0 nitrogen and oxygen atoms in total. The van der Waals surface area contributed by atoms with Crippen LogP contribution in [0.1, 0.15) is 170 Å². The van der Waals surface area contributed by atoms with Gasteiger partial charge >= 0.3 is 399 Å². The van der Waals surface area contributed by atoms with E-state index in [9.17, 15) is 17.0 Å². The quantitative estimate of drug-likeness (QED) is 0.101. The molecule has 2 atom stereocenters. The van der Waals surface area contributed by atoms with Gasteiger partial charge in [0.05, 0.1) is 0 Å². The van der Waals surface area contributed by atoms with Gasteiger partial charge in [0.2, 0.25) is 0 Å². The Labute approximate surface area is 395 Å². The molecule has 64 heavy (non-hydrogen) atoms. The predicted octanol–water partition coefficient (Wildman–Crippen LogP) is 16.1. The first-order chi connectivity index (χ1) is 30.7. The fourth-order valence-corrected chi connectivity index (χ4v) is 40.4. The average molecular weight is 978 g/mol. The molecule has 0 radical (unpaired) electrons. The Kier molecular flexibility index (Phi) is 12.6. The topological polar surface area (TPSA) is 0 Å². The summed E-state index contributed by atoms with van der Waals surface area (Å²) < 4.78 is 1.13. The Morgan fingerprint density at radius 2 is 0.891 bits per heavy atom. The van der Waals surface area contributed by atoms with Crippen LogP contribution in [0.4, 0.5) is 0 Å². The standard InChI is InChI=1S/2C24H29.C12H9Si.2ClH.Zr/c2*1-6-9-18-14-19-12-13-21(17(4)5)24(23(19)15-18)22-11-8-7-10-20(22)16(2)3;1-3-7-11-9(5-1)10-6-2-4-8-12(10)13-11;;;/h2*7-8,10-17H,6,9H2,1-5H3;1-7H,13H2;2*1H;/q;;;;;+2/p-2. The van der Waals surface area contributed by atoms with E-state index in [-0.39, 0.29) is 7.25 Å². The maximum atomic E-state index is 9.56. The van der Waals surface area contributed by atoms with Crippen molar-refractivity contribution in [1.29, 1.82) is 0 Å². The summed E-state index contributed by atoms with van der Waals surface area (Å²) in [7, 11) is 18.2. The van der Waals surface area contributed by atoms with E-state index in [0.29, 0.717) is 23.7 Å². The fraction of sp³-hybridized carbons (Fsp3) is 0.333. The predicted molar refractivity (Wildman–Crippen MR) is 282 cm³/mol. The second-order valence-corrected chi connectivity index (χ2v) is 42.9. The molecule has 3 aliphatic rings. The zero-order valence-electron chi connectivity index (χ0n) is 39.9. The van der Waals surface area contributed by atoms with E-state index in [1.807, 2.05) is 0 Å². The van der Waals surface area contributed by atoms with Gasteiger partial charge < -0.3 is 0 Å². The van der Waals surface area contributed by atoms with E-state index in [2.05, 4.69) is 197 Å². The van der Waals surface area contributed by atoms with Crippen LogP contribution in [0.5, 0.6) is 0 Å². The summed E-state index contributed by atoms with van der Waals surface area (Å²) in [5.74, 6) is 1.47. The first-order valence-electron chi connectivity index (χ1n) is 24.4. The molecule has 0 N–H and O–H groups in total. The molecule has 4 heteroatoms. The molecule has 0 saturated heterocycles. The van der Waals surface area contributed by atoms with Crippen molar-refractivity contribution in [3.05, 3.63) is 171 Å². The Morgan fingerprint density at radius 3 is 1.34 bits per heavy atom. The van der Waals surface area contributed by atoms with Crippen molar-refractivity contribution in [2.45, 2.75) is 126 Å². The summed E-state index contributed by atoms with van der Waals surface area (Å²) in [5.41, 5.74) is 22.0. The van der Waals surface area contributed by atoms with Gasteiger partial charge in [-0.1, -0.05) is 0 Å². The SMILES string of the molecule is CCCC1=Cc2c(ccc(C(C)C)c2-c2ccccc2C(C)C)[CH]1[Zr]([Cl])([Cl])([c]1cccc2c1[SiH2]c1ccccc1-2)[CH]1C(CCC)=Cc2c1ccc(C(C)C)c2-c1ccccc1C(C)C. The zero-order valence-corrected chi connectivity index (χ0v) is 45.3. The average Bonchev–Trinajstić information content (AvgIpc) is 3.98. The van der Waals surface area contributed by atoms with Crippen molar-refractivity contribution < 1.29 is 16.4 Å². The summed E-state index contributed by atoms with van der Waals surface area (Å²) in [5, 5.41) is 2.99. The Bertz CT molecular complexity index is 2710. The van der Waals surface area contributed by atoms with Crippen LogP contribution in [0.2, 0.25) is 0 Å². The summed E-state index contributed by atoms with van der Waals surface area (Å²) in [6, 6.07) is 44.4. The van der Waals surface area contributed by atoms with Crippen LogP contribution in [-0.4, -0.2) is 9.52 Å². The molecule has 329 valence electrons. The molecule has 1 heterocycles. The number of hydrogen-bond donors (Lipinski definition) is 0. The van der Waals surface area contributed by atoms with Crippen molar-refractivity contribution >= 4 is 52.3 Å². The molecule has 9 rings (SSSR count). The molecule has 1 aliphatic heterocycles. The van der Waals surface area contributed by atoms with Crippen LogP contribution in [0.25, 0.3) is 45.5 Å². The van der Waals surface area contributed by atoms with Crippen LogP contribution >= 0.6 is 17.0 Å². The van der Waals surface area contributed by atoms with E-state index < -0.39 is 25.9 Å². The molecule has 2 aliphatic carbocycles. The van der Waals surface area contributed by atoms with Gasteiger partial charge in [0.1, 0.15) is 0 Å². The van der Waals surface area contributed by atoms with Crippen LogP contribution in [0.3, 0.4) is 0 Å². The molecule has 6 aromatic carbocycles. The van der Waals surface area contributed by atoms with Gasteiger partial charge in [0.15, 0.2) is 0 Å². The van der Waals surface area contributed by atoms with Crippen LogP contribution in [-0.2, 0) is 16.4 Å². The molecule has 0 saturated carbocycles. The number of hydrogen-bond acceptors (Lipinski definition) is 0. The van der Waals surface area contributed by atoms with Crippen molar-refractivity contribution in [2.24, 2.45) is 0 Å². The third-order valence-electron chi connectivity index (χ3n) is 15.1.